The summed E-state index contributed by atoms with van der Waals surface area (Å²) in [6, 6.07) is 85.7. The number of pyridine rings is 1. The van der Waals surface area contributed by atoms with Gasteiger partial charge in [-0.2, -0.15) is 0 Å². The van der Waals surface area contributed by atoms with Gasteiger partial charge in [0, 0.05) is 39.0 Å². The van der Waals surface area contributed by atoms with Gasteiger partial charge in [0.05, 0.1) is 16.6 Å². The molecule has 14 rings (SSSR count). The maximum Gasteiger partial charge on any atom is 0.0788 e. The second-order valence-corrected chi connectivity index (χ2v) is 19.0. The molecular formula is C65H44N2. The molecule has 0 atom stereocenters. The SMILES string of the molecule is CC1(C)c2ccc(N(c3ccc4c(c3)C3(c5ccccc5-c5ccccc53)c3ccccc3-4)c3ccc4ccccc4c3)cc2-c2ccc(-c3nc4ccccc4cc3-c3ccccc3)cc21. The van der Waals surface area contributed by atoms with Crippen LogP contribution in [0.1, 0.15) is 47.2 Å². The van der Waals surface area contributed by atoms with Crippen LogP contribution in [0, 0.1) is 0 Å². The summed E-state index contributed by atoms with van der Waals surface area (Å²) in [5.74, 6) is 0. The first-order valence-electron chi connectivity index (χ1n) is 23.4. The van der Waals surface area contributed by atoms with Gasteiger partial charge in [0.1, 0.15) is 0 Å². The fraction of sp³-hybridized carbons (Fsp3) is 0.0615. The third kappa shape index (κ3) is 5.36. The van der Waals surface area contributed by atoms with Crippen LogP contribution in [0.15, 0.2) is 231 Å². The Morgan fingerprint density at radius 2 is 0.851 bits per heavy atom. The molecule has 1 aromatic heterocycles. The Hall–Kier alpha value is -8.33. The number of rotatable bonds is 5. The molecule has 0 fully saturated rings. The molecule has 0 radical (unpaired) electrons. The summed E-state index contributed by atoms with van der Waals surface area (Å²) in [6.45, 7) is 4.76. The van der Waals surface area contributed by atoms with Crippen LogP contribution in [0.2, 0.25) is 0 Å². The first kappa shape index (κ1) is 38.0. The van der Waals surface area contributed by atoms with Gasteiger partial charge in [-0.1, -0.05) is 190 Å². The number of hydrogen-bond donors (Lipinski definition) is 0. The van der Waals surface area contributed by atoms with Crippen LogP contribution < -0.4 is 4.90 Å². The zero-order chi connectivity index (χ0) is 44.4. The molecule has 11 aromatic rings. The summed E-state index contributed by atoms with van der Waals surface area (Å²) in [5.41, 5.74) is 23.9. The first-order valence-corrected chi connectivity index (χ1v) is 23.4. The maximum absolute atomic E-state index is 5.35. The van der Waals surface area contributed by atoms with Crippen LogP contribution in [-0.4, -0.2) is 4.98 Å². The predicted octanol–water partition coefficient (Wildman–Crippen LogP) is 16.8. The van der Waals surface area contributed by atoms with Gasteiger partial charge in [-0.05, 0) is 138 Å². The monoisotopic (exact) mass is 852 g/mol. The van der Waals surface area contributed by atoms with Gasteiger partial charge in [-0.3, -0.25) is 0 Å². The Kier molecular flexibility index (Phi) is 7.99. The molecule has 67 heavy (non-hydrogen) atoms. The molecule has 0 amide bonds. The van der Waals surface area contributed by atoms with E-state index < -0.39 is 5.41 Å². The minimum atomic E-state index is -0.441. The van der Waals surface area contributed by atoms with Gasteiger partial charge >= 0.3 is 0 Å². The van der Waals surface area contributed by atoms with Crippen LogP contribution >= 0.6 is 0 Å². The van der Waals surface area contributed by atoms with E-state index in [9.17, 15) is 0 Å². The minimum absolute atomic E-state index is 0.230. The molecule has 0 N–H and O–H groups in total. The maximum atomic E-state index is 5.35. The zero-order valence-corrected chi connectivity index (χ0v) is 37.3. The second kappa shape index (κ2) is 14.1. The van der Waals surface area contributed by atoms with E-state index >= 15 is 0 Å². The Morgan fingerprint density at radius 1 is 0.313 bits per heavy atom. The molecule has 0 saturated heterocycles. The number of para-hydroxylation sites is 1. The standard InChI is InChI=1S/C65H44N2/c1-64(2)56-35-32-47(39-55(56)53-33-29-45(38-60(53)64)63-54(42-17-4-3-5-18-42)37-44-20-8-15-27-62(44)66-63)67(46-30-28-41-16-6-7-19-43(41)36-46)48-31-34-52-51-23-11-14-26-59(51)65(61(52)40-48)57-24-12-9-21-49(57)50-22-10-13-25-58(50)65/h3-40H,1-2H3. The van der Waals surface area contributed by atoms with Crippen molar-refractivity contribution in [2.75, 3.05) is 4.90 Å². The van der Waals surface area contributed by atoms with E-state index in [-0.39, 0.29) is 5.41 Å². The average Bonchev–Trinajstić information content (AvgIpc) is 3.94. The lowest BCUT2D eigenvalue weighted by Gasteiger charge is -2.32. The lowest BCUT2D eigenvalue weighted by atomic mass is 9.70. The number of aromatic nitrogens is 1. The molecule has 2 heteroatoms. The van der Waals surface area contributed by atoms with Crippen molar-refractivity contribution in [3.8, 4) is 55.8 Å². The van der Waals surface area contributed by atoms with Crippen molar-refractivity contribution in [2.24, 2.45) is 0 Å². The van der Waals surface area contributed by atoms with E-state index in [1.807, 2.05) is 0 Å². The van der Waals surface area contributed by atoms with Crippen molar-refractivity contribution in [2.45, 2.75) is 24.7 Å². The lowest BCUT2D eigenvalue weighted by molar-refractivity contribution is 0.660. The second-order valence-electron chi connectivity index (χ2n) is 19.0. The number of anilines is 3. The quantitative estimate of drug-likeness (QED) is 0.171. The van der Waals surface area contributed by atoms with E-state index in [4.69, 9.17) is 4.98 Å². The van der Waals surface area contributed by atoms with Crippen molar-refractivity contribution < 1.29 is 0 Å². The Bertz CT molecular complexity index is 3790. The number of benzene rings is 10. The highest BCUT2D eigenvalue weighted by molar-refractivity contribution is 5.98. The van der Waals surface area contributed by atoms with E-state index in [0.29, 0.717) is 0 Å². The van der Waals surface area contributed by atoms with Crippen LogP contribution in [-0.2, 0) is 10.8 Å². The average molecular weight is 853 g/mol. The molecule has 3 aliphatic rings. The first-order chi connectivity index (χ1) is 33.0. The van der Waals surface area contributed by atoms with E-state index in [2.05, 4.69) is 249 Å². The minimum Gasteiger partial charge on any atom is -0.310 e. The Labute approximate surface area is 391 Å². The molecule has 314 valence electrons. The molecule has 10 aromatic carbocycles. The summed E-state index contributed by atoms with van der Waals surface area (Å²) in [4.78, 5) is 7.84. The van der Waals surface area contributed by atoms with Gasteiger partial charge in [0.25, 0.3) is 0 Å². The normalized spacial score (nSPS) is 14.1. The van der Waals surface area contributed by atoms with Crippen molar-refractivity contribution >= 4 is 38.7 Å². The van der Waals surface area contributed by atoms with Gasteiger partial charge in [0.2, 0.25) is 0 Å². The molecule has 2 nitrogen and oxygen atoms in total. The number of nitrogens with zero attached hydrogens (tertiary/aromatic N) is 2. The van der Waals surface area contributed by atoms with Crippen molar-refractivity contribution in [3.63, 3.8) is 0 Å². The third-order valence-corrected chi connectivity index (χ3v) is 15.2. The number of fused-ring (bicyclic) bond motifs is 15. The van der Waals surface area contributed by atoms with Crippen LogP contribution in [0.25, 0.3) is 77.4 Å². The topological polar surface area (TPSA) is 16.1 Å². The fourth-order valence-corrected chi connectivity index (χ4v) is 12.2. The van der Waals surface area contributed by atoms with Gasteiger partial charge in [-0.25, -0.2) is 4.98 Å². The lowest BCUT2D eigenvalue weighted by Crippen LogP contribution is -2.26. The largest absolute Gasteiger partial charge is 0.310 e. The summed E-state index contributed by atoms with van der Waals surface area (Å²) < 4.78 is 0. The fourth-order valence-electron chi connectivity index (χ4n) is 12.2. The highest BCUT2D eigenvalue weighted by Crippen LogP contribution is 2.63. The predicted molar refractivity (Wildman–Crippen MR) is 279 cm³/mol. The molecule has 0 bridgehead atoms. The van der Waals surface area contributed by atoms with E-state index in [1.54, 1.807) is 0 Å². The van der Waals surface area contributed by atoms with Gasteiger partial charge < -0.3 is 4.90 Å². The van der Waals surface area contributed by atoms with Crippen molar-refractivity contribution in [3.05, 3.63) is 264 Å². The van der Waals surface area contributed by atoms with Crippen molar-refractivity contribution in [1.82, 2.24) is 4.98 Å². The molecular weight excluding hydrogens is 809 g/mol. The summed E-state index contributed by atoms with van der Waals surface area (Å²) in [5, 5.41) is 3.58. The number of hydrogen-bond acceptors (Lipinski definition) is 2. The Balaban J connectivity index is 0.961. The zero-order valence-electron chi connectivity index (χ0n) is 37.3. The summed E-state index contributed by atoms with van der Waals surface area (Å²) in [7, 11) is 0. The highest BCUT2D eigenvalue weighted by atomic mass is 15.1. The smallest absolute Gasteiger partial charge is 0.0788 e. The van der Waals surface area contributed by atoms with Gasteiger partial charge in [0.15, 0.2) is 0 Å². The van der Waals surface area contributed by atoms with Crippen LogP contribution in [0.5, 0.6) is 0 Å². The molecule has 1 spiro atoms. The Morgan fingerprint density at radius 3 is 1.58 bits per heavy atom. The highest BCUT2D eigenvalue weighted by Gasteiger charge is 2.51. The summed E-state index contributed by atoms with van der Waals surface area (Å²) >= 11 is 0. The van der Waals surface area contributed by atoms with Crippen LogP contribution in [0.3, 0.4) is 0 Å². The van der Waals surface area contributed by atoms with Crippen molar-refractivity contribution in [1.29, 1.82) is 0 Å². The molecule has 0 saturated carbocycles. The molecule has 3 aliphatic carbocycles. The van der Waals surface area contributed by atoms with E-state index in [0.717, 1.165) is 44.8 Å². The summed E-state index contributed by atoms with van der Waals surface area (Å²) in [6.07, 6.45) is 0. The van der Waals surface area contributed by atoms with E-state index in [1.165, 1.54) is 83.1 Å². The van der Waals surface area contributed by atoms with Gasteiger partial charge in [-0.15, -0.1) is 0 Å². The third-order valence-electron chi connectivity index (χ3n) is 15.2. The van der Waals surface area contributed by atoms with Crippen LogP contribution in [0.4, 0.5) is 17.1 Å². The molecule has 0 aliphatic heterocycles. The molecule has 1 heterocycles. The molecule has 0 unspecified atom stereocenters.